The second-order valence-electron chi connectivity index (χ2n) is 8.46. The van der Waals surface area contributed by atoms with Crippen LogP contribution in [0.5, 0.6) is 0 Å². The molecule has 0 bridgehead atoms. The van der Waals surface area contributed by atoms with Gasteiger partial charge in [-0.2, -0.15) is 0 Å². The molecule has 0 N–H and O–H groups in total. The molecule has 0 amide bonds. The number of nitrogens with zero attached hydrogens (tertiary/aromatic N) is 6. The van der Waals surface area contributed by atoms with Crippen LogP contribution in [0.25, 0.3) is 0 Å². The van der Waals surface area contributed by atoms with E-state index in [9.17, 15) is 0 Å². The predicted octanol–water partition coefficient (Wildman–Crippen LogP) is 4.43. The second-order valence-corrected chi connectivity index (χ2v) is 9.41. The Morgan fingerprint density at radius 2 is 1.77 bits per heavy atom. The zero-order valence-electron chi connectivity index (χ0n) is 15.8. The summed E-state index contributed by atoms with van der Waals surface area (Å²) in [7, 11) is 0. The standard InChI is InChI=1S/C19H28N6S/c1-12-4-3-5-16(10-12)24-13(2)20-23-19(24)26-11-17-21-22-18(14-6-7-14)25(17)15-8-9-15/h12,14-16H,3-11H2,1-2H3. The van der Waals surface area contributed by atoms with E-state index >= 15 is 0 Å². The van der Waals surface area contributed by atoms with Crippen LogP contribution in [0.15, 0.2) is 5.16 Å². The molecular formula is C19H28N6S. The number of rotatable bonds is 6. The van der Waals surface area contributed by atoms with Crippen molar-refractivity contribution in [2.45, 2.75) is 94.1 Å². The van der Waals surface area contributed by atoms with Gasteiger partial charge < -0.3 is 9.13 Å². The van der Waals surface area contributed by atoms with Gasteiger partial charge in [0.2, 0.25) is 0 Å². The van der Waals surface area contributed by atoms with E-state index in [-0.39, 0.29) is 0 Å². The quantitative estimate of drug-likeness (QED) is 0.702. The smallest absolute Gasteiger partial charge is 0.191 e. The Labute approximate surface area is 159 Å². The second kappa shape index (κ2) is 6.66. The minimum atomic E-state index is 0.555. The number of aromatic nitrogens is 6. The van der Waals surface area contributed by atoms with Crippen LogP contribution in [0.4, 0.5) is 0 Å². The summed E-state index contributed by atoms with van der Waals surface area (Å²) in [6.45, 7) is 4.46. The summed E-state index contributed by atoms with van der Waals surface area (Å²) in [6, 6.07) is 1.20. The molecule has 2 aromatic rings. The molecule has 0 aromatic carbocycles. The Morgan fingerprint density at radius 3 is 2.50 bits per heavy atom. The van der Waals surface area contributed by atoms with Gasteiger partial charge in [0.1, 0.15) is 17.5 Å². The topological polar surface area (TPSA) is 61.4 Å². The van der Waals surface area contributed by atoms with Crippen LogP contribution in [-0.2, 0) is 5.75 Å². The van der Waals surface area contributed by atoms with Gasteiger partial charge in [-0.25, -0.2) is 0 Å². The highest BCUT2D eigenvalue weighted by molar-refractivity contribution is 7.98. The van der Waals surface area contributed by atoms with Crippen molar-refractivity contribution in [3.05, 3.63) is 17.5 Å². The molecule has 0 radical (unpaired) electrons. The van der Waals surface area contributed by atoms with Crippen molar-refractivity contribution in [3.8, 4) is 0 Å². The van der Waals surface area contributed by atoms with Crippen molar-refractivity contribution in [2.24, 2.45) is 5.92 Å². The van der Waals surface area contributed by atoms with Gasteiger partial charge >= 0.3 is 0 Å². The average Bonchev–Trinajstić information content (AvgIpc) is 3.56. The van der Waals surface area contributed by atoms with Crippen molar-refractivity contribution < 1.29 is 0 Å². The summed E-state index contributed by atoms with van der Waals surface area (Å²) in [5.74, 6) is 5.72. The Balaban J connectivity index is 1.35. The van der Waals surface area contributed by atoms with Crippen molar-refractivity contribution in [3.63, 3.8) is 0 Å². The van der Waals surface area contributed by atoms with Crippen LogP contribution in [0.3, 0.4) is 0 Å². The maximum absolute atomic E-state index is 4.55. The molecular weight excluding hydrogens is 344 g/mol. The number of hydrogen-bond acceptors (Lipinski definition) is 5. The molecule has 7 heteroatoms. The van der Waals surface area contributed by atoms with Gasteiger partial charge in [0.05, 0.1) is 5.75 Å². The van der Waals surface area contributed by atoms with Crippen molar-refractivity contribution in [1.29, 1.82) is 0 Å². The molecule has 3 fully saturated rings. The summed E-state index contributed by atoms with van der Waals surface area (Å²) in [5.41, 5.74) is 0. The maximum Gasteiger partial charge on any atom is 0.191 e. The highest BCUT2D eigenvalue weighted by atomic mass is 32.2. The summed E-state index contributed by atoms with van der Waals surface area (Å²) in [5, 5.41) is 19.0. The third-order valence-corrected chi connectivity index (χ3v) is 7.03. The van der Waals surface area contributed by atoms with E-state index in [4.69, 9.17) is 0 Å². The van der Waals surface area contributed by atoms with Crippen molar-refractivity contribution >= 4 is 11.8 Å². The van der Waals surface area contributed by atoms with Crippen LogP contribution in [-0.4, -0.2) is 29.5 Å². The minimum Gasteiger partial charge on any atom is -0.311 e. The Hall–Kier alpha value is -1.37. The summed E-state index contributed by atoms with van der Waals surface area (Å²) < 4.78 is 4.83. The fourth-order valence-corrected chi connectivity index (χ4v) is 5.39. The minimum absolute atomic E-state index is 0.555. The third kappa shape index (κ3) is 3.19. The lowest BCUT2D eigenvalue weighted by Gasteiger charge is -2.29. The molecule has 5 rings (SSSR count). The van der Waals surface area contributed by atoms with Gasteiger partial charge in [0, 0.05) is 18.0 Å². The van der Waals surface area contributed by atoms with Gasteiger partial charge in [-0.15, -0.1) is 20.4 Å². The molecule has 2 heterocycles. The first kappa shape index (κ1) is 16.8. The van der Waals surface area contributed by atoms with Gasteiger partial charge in [0.15, 0.2) is 5.16 Å². The SMILES string of the molecule is Cc1nnc(SCc2nnc(C3CC3)n2C2CC2)n1C1CCCC(C)C1. The Kier molecular flexibility index (Phi) is 4.30. The largest absolute Gasteiger partial charge is 0.311 e. The summed E-state index contributed by atoms with van der Waals surface area (Å²) in [6.07, 6.45) is 10.3. The molecule has 3 saturated carbocycles. The van der Waals surface area contributed by atoms with E-state index < -0.39 is 0 Å². The van der Waals surface area contributed by atoms with Gasteiger partial charge in [-0.1, -0.05) is 31.5 Å². The molecule has 2 unspecified atom stereocenters. The molecule has 140 valence electrons. The van der Waals surface area contributed by atoms with Crippen LogP contribution >= 0.6 is 11.8 Å². The van der Waals surface area contributed by atoms with E-state index in [0.717, 1.165) is 28.5 Å². The first-order valence-corrected chi connectivity index (χ1v) is 11.2. The van der Waals surface area contributed by atoms with E-state index in [2.05, 4.69) is 43.4 Å². The lowest BCUT2D eigenvalue weighted by atomic mass is 9.87. The molecule has 26 heavy (non-hydrogen) atoms. The fraction of sp³-hybridized carbons (Fsp3) is 0.789. The van der Waals surface area contributed by atoms with Crippen LogP contribution in [0, 0.1) is 12.8 Å². The first-order chi connectivity index (χ1) is 12.7. The lowest BCUT2D eigenvalue weighted by Crippen LogP contribution is -2.19. The first-order valence-electron chi connectivity index (χ1n) is 10.2. The predicted molar refractivity (Wildman–Crippen MR) is 101 cm³/mol. The summed E-state index contributed by atoms with van der Waals surface area (Å²) in [4.78, 5) is 0. The zero-order chi connectivity index (χ0) is 17.7. The number of thioether (sulfide) groups is 1. The van der Waals surface area contributed by atoms with Crippen molar-refractivity contribution in [2.75, 3.05) is 0 Å². The molecule has 2 atom stereocenters. The monoisotopic (exact) mass is 372 g/mol. The van der Waals surface area contributed by atoms with E-state index in [1.165, 1.54) is 57.2 Å². The Bertz CT molecular complexity index is 788. The highest BCUT2D eigenvalue weighted by Gasteiger charge is 2.36. The zero-order valence-corrected chi connectivity index (χ0v) is 16.6. The van der Waals surface area contributed by atoms with Gasteiger partial charge in [-0.3, -0.25) is 0 Å². The van der Waals surface area contributed by atoms with E-state index in [1.54, 1.807) is 11.8 Å². The fourth-order valence-electron chi connectivity index (χ4n) is 4.42. The lowest BCUT2D eigenvalue weighted by molar-refractivity contribution is 0.268. The van der Waals surface area contributed by atoms with Crippen LogP contribution in [0.2, 0.25) is 0 Å². The van der Waals surface area contributed by atoms with E-state index in [0.29, 0.717) is 18.0 Å². The van der Waals surface area contributed by atoms with Gasteiger partial charge in [-0.05, 0) is 51.4 Å². The van der Waals surface area contributed by atoms with Crippen LogP contribution in [0.1, 0.15) is 93.8 Å². The number of aryl methyl sites for hydroxylation is 1. The molecule has 6 nitrogen and oxygen atoms in total. The number of hydrogen-bond donors (Lipinski definition) is 0. The highest BCUT2D eigenvalue weighted by Crippen LogP contribution is 2.45. The molecule has 0 aliphatic heterocycles. The molecule has 0 spiro atoms. The van der Waals surface area contributed by atoms with E-state index in [1.807, 2.05) is 0 Å². The maximum atomic E-state index is 4.55. The normalized spacial score (nSPS) is 26.4. The average molecular weight is 373 g/mol. The summed E-state index contributed by atoms with van der Waals surface area (Å²) >= 11 is 1.79. The van der Waals surface area contributed by atoms with Gasteiger partial charge in [0.25, 0.3) is 0 Å². The molecule has 2 aromatic heterocycles. The Morgan fingerprint density at radius 1 is 0.923 bits per heavy atom. The molecule has 0 saturated heterocycles. The molecule has 3 aliphatic carbocycles. The van der Waals surface area contributed by atoms with Crippen molar-refractivity contribution in [1.82, 2.24) is 29.5 Å². The third-order valence-electron chi connectivity index (χ3n) is 6.09. The molecule has 3 aliphatic rings. The van der Waals surface area contributed by atoms with Crippen LogP contribution < -0.4 is 0 Å².